The molecule has 2 rings (SSSR count). The number of nitrogens with zero attached hydrogens (tertiary/aromatic N) is 1. The van der Waals surface area contributed by atoms with Crippen LogP contribution in [0.5, 0.6) is 11.5 Å². The third-order valence-corrected chi connectivity index (χ3v) is 4.69. The SMILES string of the molecule is CCN(CC)C(=O)c1cccc(NC(=S)NC(=O)/C=C/c2ccc(OC)c(OC)c2)c1. The zero-order chi connectivity index (χ0) is 22.8. The van der Waals surface area contributed by atoms with Crippen molar-refractivity contribution in [2.45, 2.75) is 13.8 Å². The van der Waals surface area contributed by atoms with Crippen molar-refractivity contribution >= 4 is 40.9 Å². The second-order valence-corrected chi connectivity index (χ2v) is 6.86. The highest BCUT2D eigenvalue weighted by Gasteiger charge is 2.13. The van der Waals surface area contributed by atoms with E-state index in [-0.39, 0.29) is 16.9 Å². The monoisotopic (exact) mass is 441 g/mol. The van der Waals surface area contributed by atoms with Crippen molar-refractivity contribution in [3.63, 3.8) is 0 Å². The molecule has 2 aromatic rings. The Hall–Kier alpha value is -3.39. The molecule has 0 saturated carbocycles. The summed E-state index contributed by atoms with van der Waals surface area (Å²) in [6, 6.07) is 12.3. The van der Waals surface area contributed by atoms with Gasteiger partial charge in [0.15, 0.2) is 16.6 Å². The highest BCUT2D eigenvalue weighted by atomic mass is 32.1. The number of carbonyl (C=O) groups excluding carboxylic acids is 2. The minimum Gasteiger partial charge on any atom is -0.493 e. The first-order valence-electron chi connectivity index (χ1n) is 9.83. The Balaban J connectivity index is 1.98. The minimum absolute atomic E-state index is 0.0542. The summed E-state index contributed by atoms with van der Waals surface area (Å²) in [5, 5.41) is 5.65. The molecule has 2 aromatic carbocycles. The van der Waals surface area contributed by atoms with Gasteiger partial charge in [0.1, 0.15) is 0 Å². The van der Waals surface area contributed by atoms with Crippen LogP contribution in [0.25, 0.3) is 6.08 Å². The van der Waals surface area contributed by atoms with Crippen molar-refractivity contribution in [1.82, 2.24) is 10.2 Å². The Morgan fingerprint density at radius 3 is 2.39 bits per heavy atom. The summed E-state index contributed by atoms with van der Waals surface area (Å²) in [7, 11) is 3.11. The molecule has 0 saturated heterocycles. The Labute approximate surface area is 188 Å². The summed E-state index contributed by atoms with van der Waals surface area (Å²) in [5.74, 6) is 0.738. The number of amides is 2. The number of rotatable bonds is 8. The number of benzene rings is 2. The molecule has 0 unspecified atom stereocenters. The van der Waals surface area contributed by atoms with Gasteiger partial charge in [0.2, 0.25) is 5.91 Å². The second-order valence-electron chi connectivity index (χ2n) is 6.45. The van der Waals surface area contributed by atoms with E-state index in [4.69, 9.17) is 21.7 Å². The molecule has 31 heavy (non-hydrogen) atoms. The van der Waals surface area contributed by atoms with E-state index in [9.17, 15) is 9.59 Å². The third-order valence-electron chi connectivity index (χ3n) is 4.49. The van der Waals surface area contributed by atoms with E-state index in [0.717, 1.165) is 5.56 Å². The number of methoxy groups -OCH3 is 2. The minimum atomic E-state index is -0.386. The van der Waals surface area contributed by atoms with Crippen LogP contribution in [0, 0.1) is 0 Å². The Morgan fingerprint density at radius 2 is 1.74 bits per heavy atom. The van der Waals surface area contributed by atoms with Gasteiger partial charge < -0.3 is 19.7 Å². The molecule has 8 heteroatoms. The van der Waals surface area contributed by atoms with E-state index >= 15 is 0 Å². The van der Waals surface area contributed by atoms with E-state index in [1.165, 1.54) is 6.08 Å². The zero-order valence-electron chi connectivity index (χ0n) is 18.1. The van der Waals surface area contributed by atoms with Crippen molar-refractivity contribution in [3.05, 3.63) is 59.7 Å². The van der Waals surface area contributed by atoms with Gasteiger partial charge in [-0.1, -0.05) is 12.1 Å². The molecule has 0 aliphatic rings. The summed E-state index contributed by atoms with van der Waals surface area (Å²) in [5.41, 5.74) is 1.94. The zero-order valence-corrected chi connectivity index (χ0v) is 18.9. The molecule has 0 aromatic heterocycles. The van der Waals surface area contributed by atoms with Crippen molar-refractivity contribution < 1.29 is 19.1 Å². The molecule has 2 N–H and O–H groups in total. The van der Waals surface area contributed by atoms with Crippen molar-refractivity contribution in [2.24, 2.45) is 0 Å². The lowest BCUT2D eigenvalue weighted by molar-refractivity contribution is -0.115. The van der Waals surface area contributed by atoms with Gasteiger partial charge in [-0.15, -0.1) is 0 Å². The van der Waals surface area contributed by atoms with Gasteiger partial charge in [-0.2, -0.15) is 0 Å². The van der Waals surface area contributed by atoms with Crippen LogP contribution in [0.15, 0.2) is 48.5 Å². The first kappa shape index (κ1) is 23.9. The number of nitrogens with one attached hydrogen (secondary N) is 2. The quantitative estimate of drug-likeness (QED) is 0.480. The van der Waals surface area contributed by atoms with Gasteiger partial charge in [0.05, 0.1) is 14.2 Å². The fraction of sp³-hybridized carbons (Fsp3) is 0.261. The first-order chi connectivity index (χ1) is 14.9. The highest BCUT2D eigenvalue weighted by Crippen LogP contribution is 2.27. The van der Waals surface area contributed by atoms with E-state index in [2.05, 4.69) is 10.6 Å². The lowest BCUT2D eigenvalue weighted by Crippen LogP contribution is -2.33. The molecule has 0 atom stereocenters. The second kappa shape index (κ2) is 11.7. The smallest absolute Gasteiger partial charge is 0.253 e. The topological polar surface area (TPSA) is 79.9 Å². The number of thiocarbonyl (C=S) groups is 1. The van der Waals surface area contributed by atoms with Crippen molar-refractivity contribution in [2.75, 3.05) is 32.6 Å². The van der Waals surface area contributed by atoms with Crippen LogP contribution < -0.4 is 20.1 Å². The molecule has 164 valence electrons. The molecule has 0 aliphatic carbocycles. The molecule has 2 amide bonds. The average molecular weight is 442 g/mol. The summed E-state index contributed by atoms with van der Waals surface area (Å²) < 4.78 is 10.5. The van der Waals surface area contributed by atoms with Crippen LogP contribution in [0.3, 0.4) is 0 Å². The molecule has 0 bridgehead atoms. The van der Waals surface area contributed by atoms with Gasteiger partial charge in [-0.3, -0.25) is 14.9 Å². The Bertz CT molecular complexity index is 971. The standard InChI is InChI=1S/C23H27N3O4S/c1-5-26(6-2)22(28)17-8-7-9-18(15-17)24-23(31)25-21(27)13-11-16-10-12-19(29-3)20(14-16)30-4/h7-15H,5-6H2,1-4H3,(H2,24,25,27,31)/b13-11+. The lowest BCUT2D eigenvalue weighted by Gasteiger charge is -2.19. The van der Waals surface area contributed by atoms with Crippen molar-refractivity contribution in [1.29, 1.82) is 0 Å². The highest BCUT2D eigenvalue weighted by molar-refractivity contribution is 7.80. The molecule has 0 heterocycles. The summed E-state index contributed by atoms with van der Waals surface area (Å²) in [6.07, 6.45) is 3.01. The number of anilines is 1. The number of ether oxygens (including phenoxy) is 2. The van der Waals surface area contributed by atoms with E-state index in [1.54, 1.807) is 67.7 Å². The number of hydrogen-bond acceptors (Lipinski definition) is 5. The number of carbonyl (C=O) groups is 2. The Morgan fingerprint density at radius 1 is 1.03 bits per heavy atom. The maximum absolute atomic E-state index is 12.5. The van der Waals surface area contributed by atoms with Gasteiger partial charge in [0.25, 0.3) is 5.91 Å². The maximum atomic E-state index is 12.5. The van der Waals surface area contributed by atoms with E-state index in [1.807, 2.05) is 13.8 Å². The van der Waals surface area contributed by atoms with Crippen LogP contribution in [-0.2, 0) is 4.79 Å². The van der Waals surface area contributed by atoms with Gasteiger partial charge in [-0.05, 0) is 68.0 Å². The van der Waals surface area contributed by atoms with Gasteiger partial charge in [-0.25, -0.2) is 0 Å². The molecule has 7 nitrogen and oxygen atoms in total. The van der Waals surface area contributed by atoms with Gasteiger partial charge >= 0.3 is 0 Å². The summed E-state index contributed by atoms with van der Waals surface area (Å²) >= 11 is 5.21. The normalized spacial score (nSPS) is 10.5. The Kier molecular flexibility index (Phi) is 9.02. The predicted octanol–water partition coefficient (Wildman–Crippen LogP) is 3.71. The molecular weight excluding hydrogens is 414 g/mol. The van der Waals surface area contributed by atoms with Crippen LogP contribution in [0.4, 0.5) is 5.69 Å². The van der Waals surface area contributed by atoms with Crippen LogP contribution in [0.2, 0.25) is 0 Å². The van der Waals surface area contributed by atoms with Crippen molar-refractivity contribution in [3.8, 4) is 11.5 Å². The molecular formula is C23H27N3O4S. The fourth-order valence-electron chi connectivity index (χ4n) is 2.87. The van der Waals surface area contributed by atoms with E-state index in [0.29, 0.717) is 35.8 Å². The molecule has 0 radical (unpaired) electrons. The summed E-state index contributed by atoms with van der Waals surface area (Å²) in [6.45, 7) is 5.13. The predicted molar refractivity (Wildman–Crippen MR) is 127 cm³/mol. The fourth-order valence-corrected chi connectivity index (χ4v) is 3.09. The largest absolute Gasteiger partial charge is 0.493 e. The van der Waals surface area contributed by atoms with E-state index < -0.39 is 0 Å². The average Bonchev–Trinajstić information content (AvgIpc) is 2.78. The first-order valence-corrected chi connectivity index (χ1v) is 10.2. The maximum Gasteiger partial charge on any atom is 0.253 e. The van der Waals surface area contributed by atoms with Crippen LogP contribution >= 0.6 is 12.2 Å². The molecule has 0 aliphatic heterocycles. The molecule has 0 spiro atoms. The molecule has 0 fully saturated rings. The lowest BCUT2D eigenvalue weighted by atomic mass is 10.1. The number of hydrogen-bond donors (Lipinski definition) is 2. The van der Waals surface area contributed by atoms with Gasteiger partial charge in [0, 0.05) is 30.4 Å². The van der Waals surface area contributed by atoms with Crippen LogP contribution in [0.1, 0.15) is 29.8 Å². The third kappa shape index (κ3) is 6.82. The summed E-state index contributed by atoms with van der Waals surface area (Å²) in [4.78, 5) is 26.4. The van der Waals surface area contributed by atoms with Crippen LogP contribution in [-0.4, -0.2) is 49.1 Å².